The van der Waals surface area contributed by atoms with Crippen LogP contribution in [-0.2, 0) is 16.0 Å². The van der Waals surface area contributed by atoms with Gasteiger partial charge >= 0.3 is 5.97 Å². The summed E-state index contributed by atoms with van der Waals surface area (Å²) in [5.74, 6) is 0.0500. The number of hydrogen-bond donors (Lipinski definition) is 1. The number of esters is 1. The first-order valence-corrected chi connectivity index (χ1v) is 8.67. The van der Waals surface area contributed by atoms with Crippen molar-refractivity contribution in [3.63, 3.8) is 0 Å². The number of tetrazole rings is 1. The van der Waals surface area contributed by atoms with E-state index in [2.05, 4.69) is 37.3 Å². The molecule has 0 bridgehead atoms. The molecule has 0 aliphatic carbocycles. The van der Waals surface area contributed by atoms with Gasteiger partial charge in [0.15, 0.2) is 5.82 Å². The first-order valence-electron chi connectivity index (χ1n) is 8.30. The molecule has 8 nitrogen and oxygen atoms in total. The van der Waals surface area contributed by atoms with Gasteiger partial charge in [0.05, 0.1) is 23.2 Å². The molecule has 0 amide bonds. The van der Waals surface area contributed by atoms with Gasteiger partial charge in [0.25, 0.3) is 0 Å². The highest BCUT2D eigenvalue weighted by molar-refractivity contribution is 6.31. The number of ether oxygens (including phenoxy) is 1. The zero-order valence-electron chi connectivity index (χ0n) is 15.3. The van der Waals surface area contributed by atoms with Crippen molar-refractivity contribution in [3.05, 3.63) is 58.4 Å². The fraction of sp³-hybridized carbons (Fsp3) is 0.158. The number of nitrogens with zero attached hydrogens (tertiary/aromatic N) is 5. The van der Waals surface area contributed by atoms with E-state index in [1.165, 1.54) is 7.11 Å². The summed E-state index contributed by atoms with van der Waals surface area (Å²) >= 11 is 6.11. The first-order chi connectivity index (χ1) is 13.5. The Balaban J connectivity index is 2.07. The van der Waals surface area contributed by atoms with Gasteiger partial charge < -0.3 is 4.74 Å². The molecule has 28 heavy (non-hydrogen) atoms. The van der Waals surface area contributed by atoms with Crippen LogP contribution in [0.2, 0.25) is 5.02 Å². The van der Waals surface area contributed by atoms with Gasteiger partial charge in [0.2, 0.25) is 0 Å². The number of methoxy groups -OCH3 is 1. The molecule has 3 rings (SSSR count). The molecule has 0 saturated carbocycles. The molecule has 0 aliphatic heterocycles. The van der Waals surface area contributed by atoms with Crippen LogP contribution in [-0.4, -0.2) is 45.4 Å². The van der Waals surface area contributed by atoms with E-state index >= 15 is 0 Å². The molecule has 0 fully saturated rings. The molecule has 0 atom stereocenters. The van der Waals surface area contributed by atoms with Crippen molar-refractivity contribution < 1.29 is 9.53 Å². The Morgan fingerprint density at radius 2 is 2.21 bits per heavy atom. The Morgan fingerprint density at radius 1 is 1.39 bits per heavy atom. The Morgan fingerprint density at radius 3 is 2.86 bits per heavy atom. The minimum Gasteiger partial charge on any atom is -0.465 e. The number of allylic oxidation sites excluding steroid dienone is 2. The van der Waals surface area contributed by atoms with Crippen LogP contribution >= 0.6 is 11.6 Å². The number of fused-ring (bicyclic) bond motifs is 1. The lowest BCUT2D eigenvalue weighted by molar-refractivity contribution is -0.135. The van der Waals surface area contributed by atoms with E-state index in [-0.39, 0.29) is 0 Å². The van der Waals surface area contributed by atoms with E-state index in [4.69, 9.17) is 16.3 Å². The zero-order chi connectivity index (χ0) is 20.1. The van der Waals surface area contributed by atoms with Crippen LogP contribution in [0.15, 0.2) is 52.8 Å². The van der Waals surface area contributed by atoms with Gasteiger partial charge in [0, 0.05) is 29.3 Å². The number of carbonyl (C=O) groups excluding carboxylic acids is 1. The highest BCUT2D eigenvalue weighted by Crippen LogP contribution is 2.29. The van der Waals surface area contributed by atoms with Crippen LogP contribution in [0.25, 0.3) is 22.3 Å². The molecule has 2 heterocycles. The van der Waals surface area contributed by atoms with Crippen molar-refractivity contribution in [2.75, 3.05) is 7.11 Å². The lowest BCUT2D eigenvalue weighted by atomic mass is 10.0. The molecule has 0 unspecified atom stereocenters. The van der Waals surface area contributed by atoms with Crippen LogP contribution in [0.3, 0.4) is 0 Å². The van der Waals surface area contributed by atoms with Crippen LogP contribution < -0.4 is 0 Å². The fourth-order valence-corrected chi connectivity index (χ4v) is 2.93. The van der Waals surface area contributed by atoms with E-state index in [1.54, 1.807) is 25.3 Å². The zero-order valence-corrected chi connectivity index (χ0v) is 16.1. The average Bonchev–Trinajstić information content (AvgIpc) is 3.24. The number of nitrogens with one attached hydrogen (secondary N) is 1. The van der Waals surface area contributed by atoms with Gasteiger partial charge in [-0.2, -0.15) is 0 Å². The summed E-state index contributed by atoms with van der Waals surface area (Å²) in [6, 6.07) is 5.68. The van der Waals surface area contributed by atoms with Gasteiger partial charge in [-0.05, 0) is 53.9 Å². The predicted octanol–water partition coefficient (Wildman–Crippen LogP) is 3.31. The van der Waals surface area contributed by atoms with Crippen LogP contribution in [0.5, 0.6) is 0 Å². The van der Waals surface area contributed by atoms with Crippen LogP contribution in [0.1, 0.15) is 12.5 Å². The number of benzene rings is 1. The molecule has 9 heteroatoms. The highest BCUT2D eigenvalue weighted by Gasteiger charge is 2.13. The Labute approximate surface area is 166 Å². The Kier molecular flexibility index (Phi) is 5.90. The molecular weight excluding hydrogens is 380 g/mol. The fourth-order valence-electron chi connectivity index (χ4n) is 2.76. The number of H-pyrrole nitrogens is 1. The van der Waals surface area contributed by atoms with Crippen molar-refractivity contribution >= 4 is 35.2 Å². The summed E-state index contributed by atoms with van der Waals surface area (Å²) in [5, 5.41) is 15.4. The molecule has 2 aromatic heterocycles. The number of halogens is 1. The minimum atomic E-state index is -0.438. The lowest BCUT2D eigenvalue weighted by Crippen LogP contribution is -2.03. The van der Waals surface area contributed by atoms with Gasteiger partial charge in [-0.3, -0.25) is 9.98 Å². The maximum Gasteiger partial charge on any atom is 0.337 e. The molecule has 0 aliphatic rings. The molecule has 3 aromatic rings. The van der Waals surface area contributed by atoms with E-state index in [0.717, 1.165) is 16.5 Å². The average molecular weight is 397 g/mol. The number of carbonyl (C=O) groups is 1. The van der Waals surface area contributed by atoms with Crippen LogP contribution in [0, 0.1) is 0 Å². The lowest BCUT2D eigenvalue weighted by Gasteiger charge is -2.09. The number of aromatic nitrogens is 5. The third kappa shape index (κ3) is 4.12. The maximum absolute atomic E-state index is 11.8. The summed E-state index contributed by atoms with van der Waals surface area (Å²) in [6.07, 6.45) is 5.30. The summed E-state index contributed by atoms with van der Waals surface area (Å²) in [4.78, 5) is 20.3. The van der Waals surface area contributed by atoms with Gasteiger partial charge in [-0.1, -0.05) is 17.7 Å². The molecule has 1 N–H and O–H groups in total. The van der Waals surface area contributed by atoms with Crippen molar-refractivity contribution in [2.45, 2.75) is 13.3 Å². The van der Waals surface area contributed by atoms with Crippen molar-refractivity contribution in [1.82, 2.24) is 25.6 Å². The number of pyridine rings is 1. The summed E-state index contributed by atoms with van der Waals surface area (Å²) in [6.45, 7) is 5.36. The number of rotatable bonds is 6. The second-order valence-electron chi connectivity index (χ2n) is 5.82. The number of hydrogen-bond acceptors (Lipinski definition) is 7. The molecule has 0 saturated heterocycles. The van der Waals surface area contributed by atoms with E-state index in [0.29, 0.717) is 34.1 Å². The Bertz CT molecular complexity index is 1090. The van der Waals surface area contributed by atoms with Gasteiger partial charge in [-0.25, -0.2) is 9.89 Å². The van der Waals surface area contributed by atoms with E-state index in [9.17, 15) is 4.79 Å². The van der Waals surface area contributed by atoms with Crippen molar-refractivity contribution in [1.29, 1.82) is 0 Å². The molecule has 0 spiro atoms. The number of aromatic amines is 1. The standard InChI is InChI=1S/C19H17ClN6O2/c1-4-12(19(27)28-3)9-15(21-2)6-11-5-13-8-14(20)10-22-17(13)16(7-11)18-23-25-26-24-18/h4-5,7-10H,2,6H2,1,3H3,(H,23,24,25,26)/b12-4+,15-9-. The van der Waals surface area contributed by atoms with Gasteiger partial charge in [-0.15, -0.1) is 5.10 Å². The third-order valence-electron chi connectivity index (χ3n) is 4.05. The summed E-state index contributed by atoms with van der Waals surface area (Å²) < 4.78 is 4.77. The molecular formula is C19H17ClN6O2. The normalized spacial score (nSPS) is 12.2. The highest BCUT2D eigenvalue weighted by atomic mass is 35.5. The molecule has 142 valence electrons. The quantitative estimate of drug-likeness (QED) is 0.296. The SMILES string of the molecule is C=N/C(=C\C(=C/C)C(=O)OC)Cc1cc(-c2nnn[nH]2)c2ncc(Cl)cc2c1. The molecule has 0 radical (unpaired) electrons. The largest absolute Gasteiger partial charge is 0.465 e. The monoisotopic (exact) mass is 396 g/mol. The smallest absolute Gasteiger partial charge is 0.337 e. The topological polar surface area (TPSA) is 106 Å². The van der Waals surface area contributed by atoms with E-state index in [1.807, 2.05) is 18.2 Å². The minimum absolute atomic E-state index is 0.398. The maximum atomic E-state index is 11.8. The second-order valence-corrected chi connectivity index (χ2v) is 6.26. The van der Waals surface area contributed by atoms with E-state index < -0.39 is 5.97 Å². The summed E-state index contributed by atoms with van der Waals surface area (Å²) in [5.41, 5.74) is 3.36. The van der Waals surface area contributed by atoms with Crippen molar-refractivity contribution in [2.24, 2.45) is 4.99 Å². The predicted molar refractivity (Wildman–Crippen MR) is 107 cm³/mol. The Hall–Kier alpha value is -3.39. The summed E-state index contributed by atoms with van der Waals surface area (Å²) in [7, 11) is 1.33. The van der Waals surface area contributed by atoms with Gasteiger partial charge in [0.1, 0.15) is 0 Å². The molecule has 1 aromatic carbocycles. The third-order valence-corrected chi connectivity index (χ3v) is 4.26. The first kappa shape index (κ1) is 19.4. The van der Waals surface area contributed by atoms with Crippen molar-refractivity contribution in [3.8, 4) is 11.4 Å². The second kappa shape index (κ2) is 8.53. The van der Waals surface area contributed by atoms with Crippen LogP contribution in [0.4, 0.5) is 0 Å². The number of aliphatic imine (C=N–C) groups is 1.